The van der Waals surface area contributed by atoms with Crippen LogP contribution in [0.4, 0.5) is 5.69 Å². The van der Waals surface area contributed by atoms with E-state index in [4.69, 9.17) is 9.12 Å². The molecule has 1 rings (SSSR count). The first-order chi connectivity index (χ1) is 5.00. The molecule has 0 heterocycles. The number of anilines is 1. The first kappa shape index (κ1) is 12.6. The molecule has 0 saturated carbocycles. The van der Waals surface area contributed by atoms with Crippen molar-refractivity contribution in [3.05, 3.63) is 24.3 Å². The molecule has 1 aromatic carbocycles. The van der Waals surface area contributed by atoms with Gasteiger partial charge in [-0.15, -0.1) is 0 Å². The van der Waals surface area contributed by atoms with E-state index in [1.54, 1.807) is 0 Å². The van der Waals surface area contributed by atoms with Crippen LogP contribution >= 0.6 is 0 Å². The van der Waals surface area contributed by atoms with Gasteiger partial charge in [-0.05, 0) is 0 Å². The van der Waals surface area contributed by atoms with Crippen LogP contribution in [0.3, 0.4) is 0 Å². The Hall–Kier alpha value is 0.558. The van der Waals surface area contributed by atoms with E-state index in [9.17, 15) is 6.40 Å². The molecule has 4 nitrogen and oxygen atoms in total. The van der Waals surface area contributed by atoms with Gasteiger partial charge in [-0.3, -0.25) is 0 Å². The molecule has 1 atom stereocenters. The molecule has 0 aliphatic carbocycles. The summed E-state index contributed by atoms with van der Waals surface area (Å²) in [6, 6.07) is 5.46. The molecule has 1 unspecified atom stereocenters. The molecule has 1 aromatic rings. The zero-order valence-corrected chi connectivity index (χ0v) is 11.2. The second-order valence-corrected chi connectivity index (χ2v) is 6.56. The summed E-state index contributed by atoms with van der Waals surface area (Å²) in [6.07, 6.45) is 0. The standard InChI is InChI=1S/C6H6N.Na.H2O.2O.Sb/c7-6-4-2-1-3-5-6;;;;;/h2-5H,7H2;;1H2;;;/q;+1;;;-1;+1/p-1. The first-order valence-corrected chi connectivity index (χ1v) is 7.40. The van der Waals surface area contributed by atoms with Crippen molar-refractivity contribution in [3.63, 3.8) is 0 Å². The van der Waals surface area contributed by atoms with Crippen LogP contribution in [0.1, 0.15) is 0 Å². The predicted octanol–water partition coefficient (Wildman–Crippen LogP) is -4.80. The average molecular weight is 286 g/mol. The molecule has 0 fully saturated rings. The van der Waals surface area contributed by atoms with Crippen molar-refractivity contribution in [3.8, 4) is 0 Å². The third kappa shape index (κ3) is 3.52. The van der Waals surface area contributed by atoms with E-state index in [-0.39, 0.29) is 33.1 Å². The van der Waals surface area contributed by atoms with E-state index in [0.29, 0.717) is 5.69 Å². The Morgan fingerprint density at radius 1 is 1.33 bits per heavy atom. The summed E-state index contributed by atoms with van der Waals surface area (Å²) in [6.45, 7) is 0. The number of hydrogen-bond donors (Lipinski definition) is 2. The Bertz CT molecular complexity index is 294. The number of hydrogen-bond acceptors (Lipinski definition) is 3. The van der Waals surface area contributed by atoms with Crippen LogP contribution in [0.25, 0.3) is 0 Å². The van der Waals surface area contributed by atoms with Crippen molar-refractivity contribution < 1.29 is 39.3 Å². The van der Waals surface area contributed by atoms with Crippen LogP contribution in [0, 0.1) is 0 Å². The summed E-state index contributed by atoms with van der Waals surface area (Å²) >= 11 is -5.20. The van der Waals surface area contributed by atoms with Gasteiger partial charge in [-0.25, -0.2) is 0 Å². The molecule has 0 aliphatic rings. The van der Waals surface area contributed by atoms with Gasteiger partial charge in [0.15, 0.2) is 0 Å². The molecular weight excluding hydrogens is 279 g/mol. The van der Waals surface area contributed by atoms with Crippen LogP contribution in [0.5, 0.6) is 0 Å². The monoisotopic (exact) mass is 285 g/mol. The van der Waals surface area contributed by atoms with Gasteiger partial charge in [0.05, 0.1) is 0 Å². The van der Waals surface area contributed by atoms with E-state index < -0.39 is 19.6 Å². The van der Waals surface area contributed by atoms with Gasteiger partial charge in [-0.1, -0.05) is 0 Å². The third-order valence-corrected chi connectivity index (χ3v) is 3.93. The number of nitrogen functional groups attached to an aromatic ring is 1. The van der Waals surface area contributed by atoms with Gasteiger partial charge < -0.3 is 0 Å². The zero-order chi connectivity index (χ0) is 8.48. The second kappa shape index (κ2) is 4.70. The van der Waals surface area contributed by atoms with E-state index in [1.807, 2.05) is 0 Å². The van der Waals surface area contributed by atoms with E-state index in [2.05, 4.69) is 0 Å². The van der Waals surface area contributed by atoms with Crippen LogP contribution in [0.2, 0.25) is 0 Å². The Labute approximate surface area is 97.2 Å². The summed E-state index contributed by atoms with van der Waals surface area (Å²) in [5.41, 5.74) is 5.78. The molecule has 0 saturated heterocycles. The van der Waals surface area contributed by atoms with Crippen LogP contribution < -0.4 is 42.2 Å². The van der Waals surface area contributed by atoms with Gasteiger partial charge in [0, 0.05) is 0 Å². The summed E-state index contributed by atoms with van der Waals surface area (Å²) in [5, 5.41) is 0. The Morgan fingerprint density at radius 3 is 2.08 bits per heavy atom. The molecule has 60 valence electrons. The SMILES string of the molecule is Nc1cc[c]([Sb](=[O])([O-])[OH])cc1.[Na+]. The van der Waals surface area contributed by atoms with E-state index in [1.165, 1.54) is 24.3 Å². The first-order valence-electron chi connectivity index (χ1n) is 2.90. The smallest absolute Gasteiger partial charge is 1.00 e. The molecular formula is C6H7NNaO3Sb. The van der Waals surface area contributed by atoms with Crippen molar-refractivity contribution in [2.24, 2.45) is 0 Å². The number of rotatable bonds is 1. The van der Waals surface area contributed by atoms with Crippen molar-refractivity contribution in [2.75, 3.05) is 5.73 Å². The van der Waals surface area contributed by atoms with Crippen LogP contribution in [0.15, 0.2) is 24.3 Å². The quantitative estimate of drug-likeness (QED) is 0.401. The average Bonchev–Trinajstić information content (AvgIpc) is 1.86. The molecule has 12 heavy (non-hydrogen) atoms. The molecule has 0 bridgehead atoms. The normalized spacial score (nSPS) is 14.5. The van der Waals surface area contributed by atoms with Gasteiger partial charge in [0.25, 0.3) is 0 Å². The van der Waals surface area contributed by atoms with Gasteiger partial charge in [-0.2, -0.15) is 0 Å². The van der Waals surface area contributed by atoms with Crippen molar-refractivity contribution in [1.29, 1.82) is 0 Å². The molecule has 3 N–H and O–H groups in total. The maximum atomic E-state index is 10.6. The molecule has 0 aromatic heterocycles. The topological polar surface area (TPSA) is 86.4 Å². The fourth-order valence-electron chi connectivity index (χ4n) is 0.663. The van der Waals surface area contributed by atoms with Crippen molar-refractivity contribution >= 4 is 28.8 Å². The fraction of sp³-hybridized carbons (Fsp3) is 0. The van der Waals surface area contributed by atoms with E-state index in [0.717, 1.165) is 0 Å². The molecule has 0 radical (unpaired) electrons. The molecule has 0 amide bonds. The number of nitrogens with two attached hydrogens (primary N) is 1. The van der Waals surface area contributed by atoms with Crippen molar-refractivity contribution in [1.82, 2.24) is 0 Å². The number of benzene rings is 1. The molecule has 0 spiro atoms. The van der Waals surface area contributed by atoms with Gasteiger partial charge in [0.1, 0.15) is 0 Å². The minimum Gasteiger partial charge on any atom is 1.00 e. The maximum absolute atomic E-state index is 10.6. The maximum Gasteiger partial charge on any atom is 1.00 e. The second-order valence-electron chi connectivity index (χ2n) is 2.11. The zero-order valence-electron chi connectivity index (χ0n) is 6.60. The largest absolute Gasteiger partial charge is 1.00 e. The summed E-state index contributed by atoms with van der Waals surface area (Å²) in [7, 11) is 0. The summed E-state index contributed by atoms with van der Waals surface area (Å²) in [5.74, 6) is 0. The van der Waals surface area contributed by atoms with E-state index >= 15 is 0 Å². The molecule has 6 heteroatoms. The Kier molecular flexibility index (Phi) is 4.92. The fourth-order valence-corrected chi connectivity index (χ4v) is 2.16. The Morgan fingerprint density at radius 2 is 1.75 bits per heavy atom. The predicted molar refractivity (Wildman–Crippen MR) is 39.1 cm³/mol. The summed E-state index contributed by atoms with van der Waals surface area (Å²) < 4.78 is 29.7. The Balaban J connectivity index is 0.00000121. The van der Waals surface area contributed by atoms with Crippen molar-refractivity contribution in [2.45, 2.75) is 0 Å². The van der Waals surface area contributed by atoms with Crippen LogP contribution in [-0.2, 0) is 3.02 Å². The molecule has 0 aliphatic heterocycles. The van der Waals surface area contributed by atoms with Gasteiger partial charge in [0.2, 0.25) is 0 Å². The van der Waals surface area contributed by atoms with Crippen LogP contribution in [-0.4, -0.2) is 23.0 Å². The minimum absolute atomic E-state index is 0. The van der Waals surface area contributed by atoms with Gasteiger partial charge >= 0.3 is 98.2 Å². The minimum atomic E-state index is -5.20. The third-order valence-electron chi connectivity index (χ3n) is 1.22. The summed E-state index contributed by atoms with van der Waals surface area (Å²) in [4.78, 5) is 0.